The van der Waals surface area contributed by atoms with Crippen LogP contribution in [0.2, 0.25) is 0 Å². The van der Waals surface area contributed by atoms with Crippen LogP contribution in [0, 0.1) is 0 Å². The van der Waals surface area contributed by atoms with Crippen LogP contribution in [0.1, 0.15) is 31.3 Å². The first-order valence-electron chi connectivity index (χ1n) is 7.51. The Balaban J connectivity index is 2.11. The zero-order chi connectivity index (χ0) is 16.8. The predicted octanol–water partition coefficient (Wildman–Crippen LogP) is 0.491. The molecular formula is C16H22N4O3. The van der Waals surface area contributed by atoms with Crippen molar-refractivity contribution in [2.75, 3.05) is 19.6 Å². The largest absolute Gasteiger partial charge is 0.368 e. The maximum absolute atomic E-state index is 12.4. The second kappa shape index (κ2) is 7.64. The Hall–Kier alpha value is -2.54. The van der Waals surface area contributed by atoms with Crippen molar-refractivity contribution in [1.29, 1.82) is 0 Å². The number of aliphatic hydroxyl groups excluding tert-OH is 1. The van der Waals surface area contributed by atoms with Crippen molar-refractivity contribution >= 4 is 17.4 Å². The number of hydrogen-bond acceptors (Lipinski definition) is 4. The van der Waals surface area contributed by atoms with E-state index < -0.39 is 6.23 Å². The summed E-state index contributed by atoms with van der Waals surface area (Å²) in [5.41, 5.74) is 1.77. The highest BCUT2D eigenvalue weighted by Crippen LogP contribution is 2.32. The van der Waals surface area contributed by atoms with Gasteiger partial charge in [0.15, 0.2) is 6.23 Å². The average Bonchev–Trinajstić information content (AvgIpc) is 3.00. The summed E-state index contributed by atoms with van der Waals surface area (Å²) >= 11 is 0. The van der Waals surface area contributed by atoms with Crippen LogP contribution in [0.25, 0.3) is 5.57 Å². The van der Waals surface area contributed by atoms with Crippen LogP contribution in [0.5, 0.6) is 0 Å². The van der Waals surface area contributed by atoms with Gasteiger partial charge in [0.1, 0.15) is 0 Å². The number of hydrogen-bond donors (Lipinski definition) is 4. The molecule has 2 rings (SSSR count). The number of fused-ring (bicyclic) bond motifs is 1. The number of amides is 2. The number of allylic oxidation sites excluding steroid dienone is 1. The molecule has 0 aliphatic carbocycles. The van der Waals surface area contributed by atoms with Crippen molar-refractivity contribution in [3.05, 3.63) is 41.9 Å². The first-order valence-corrected chi connectivity index (χ1v) is 7.51. The third kappa shape index (κ3) is 4.01. The number of carbonyl (C=O) groups is 2. The SMILES string of the molecule is C/C=C/CN1C=C(C(=O)NCCNC(C)=O)c2cc[nH]c2C1O. The highest BCUT2D eigenvalue weighted by Gasteiger charge is 2.29. The van der Waals surface area contributed by atoms with Gasteiger partial charge >= 0.3 is 0 Å². The second-order valence-corrected chi connectivity index (χ2v) is 5.23. The molecule has 0 fully saturated rings. The zero-order valence-electron chi connectivity index (χ0n) is 13.3. The van der Waals surface area contributed by atoms with Crippen LogP contribution in [0.3, 0.4) is 0 Å². The zero-order valence-corrected chi connectivity index (χ0v) is 13.3. The minimum absolute atomic E-state index is 0.135. The molecule has 0 spiro atoms. The van der Waals surface area contributed by atoms with Gasteiger partial charge < -0.3 is 25.6 Å². The van der Waals surface area contributed by atoms with Gasteiger partial charge in [-0.1, -0.05) is 12.2 Å². The molecule has 0 aromatic carbocycles. The number of carbonyl (C=O) groups excluding carboxylic acids is 2. The lowest BCUT2D eigenvalue weighted by Gasteiger charge is -2.30. The normalized spacial score (nSPS) is 16.9. The fraction of sp³-hybridized carbons (Fsp3) is 0.375. The topological polar surface area (TPSA) is 97.5 Å². The van der Waals surface area contributed by atoms with Crippen LogP contribution < -0.4 is 10.6 Å². The molecule has 7 nitrogen and oxygen atoms in total. The molecule has 1 aromatic heterocycles. The molecule has 1 aromatic rings. The van der Waals surface area contributed by atoms with E-state index in [9.17, 15) is 14.7 Å². The van der Waals surface area contributed by atoms with Crippen molar-refractivity contribution in [2.24, 2.45) is 0 Å². The summed E-state index contributed by atoms with van der Waals surface area (Å²) in [6.45, 7) is 4.54. The van der Waals surface area contributed by atoms with Gasteiger partial charge in [0, 0.05) is 44.5 Å². The van der Waals surface area contributed by atoms with Crippen LogP contribution in [-0.2, 0) is 9.59 Å². The molecule has 1 aliphatic heterocycles. The highest BCUT2D eigenvalue weighted by atomic mass is 16.3. The summed E-state index contributed by atoms with van der Waals surface area (Å²) in [5, 5.41) is 15.7. The molecule has 1 unspecified atom stereocenters. The van der Waals surface area contributed by atoms with Crippen molar-refractivity contribution in [2.45, 2.75) is 20.1 Å². The lowest BCUT2D eigenvalue weighted by Crippen LogP contribution is -2.36. The number of H-pyrrole nitrogens is 1. The maximum atomic E-state index is 12.4. The Morgan fingerprint density at radius 3 is 2.83 bits per heavy atom. The molecule has 2 heterocycles. The van der Waals surface area contributed by atoms with Gasteiger partial charge in [0.2, 0.25) is 5.91 Å². The Kier molecular flexibility index (Phi) is 5.59. The Bertz CT molecular complexity index is 633. The number of aliphatic hydroxyl groups is 1. The second-order valence-electron chi connectivity index (χ2n) is 5.23. The quantitative estimate of drug-likeness (QED) is 0.453. The molecule has 0 radical (unpaired) electrons. The molecule has 23 heavy (non-hydrogen) atoms. The minimum Gasteiger partial charge on any atom is -0.368 e. The van der Waals surface area contributed by atoms with E-state index in [1.165, 1.54) is 6.92 Å². The molecular weight excluding hydrogens is 296 g/mol. The molecule has 124 valence electrons. The summed E-state index contributed by atoms with van der Waals surface area (Å²) in [6, 6.07) is 1.77. The van der Waals surface area contributed by atoms with Crippen LogP contribution >= 0.6 is 0 Å². The lowest BCUT2D eigenvalue weighted by molar-refractivity contribution is -0.119. The van der Waals surface area contributed by atoms with E-state index in [-0.39, 0.29) is 11.8 Å². The lowest BCUT2D eigenvalue weighted by atomic mass is 10.0. The summed E-state index contributed by atoms with van der Waals surface area (Å²) in [5.74, 6) is -0.377. The van der Waals surface area contributed by atoms with Crippen LogP contribution in [0.4, 0.5) is 0 Å². The summed E-state index contributed by atoms with van der Waals surface area (Å²) < 4.78 is 0. The van der Waals surface area contributed by atoms with E-state index in [4.69, 9.17) is 0 Å². The summed E-state index contributed by atoms with van der Waals surface area (Å²) in [6.07, 6.45) is 6.34. The third-order valence-electron chi connectivity index (χ3n) is 3.52. The van der Waals surface area contributed by atoms with Gasteiger partial charge in [-0.3, -0.25) is 9.59 Å². The standard InChI is InChI=1S/C16H22N4O3/c1-3-4-9-20-10-13(12-5-6-18-14(12)16(20)23)15(22)19-8-7-17-11(2)21/h3-6,10,16,18,23H,7-9H2,1-2H3,(H,17,21)(H,19,22)/b4-3+. The van der Waals surface area contributed by atoms with Crippen LogP contribution in [-0.4, -0.2) is 46.4 Å². The number of aromatic nitrogens is 1. The Labute approximate surface area is 135 Å². The van der Waals surface area contributed by atoms with Crippen molar-refractivity contribution in [1.82, 2.24) is 20.5 Å². The predicted molar refractivity (Wildman–Crippen MR) is 86.9 cm³/mol. The number of rotatable bonds is 6. The van der Waals surface area contributed by atoms with E-state index >= 15 is 0 Å². The highest BCUT2D eigenvalue weighted by molar-refractivity contribution is 6.20. The molecule has 2 amide bonds. The van der Waals surface area contributed by atoms with Crippen LogP contribution in [0.15, 0.2) is 30.6 Å². The van der Waals surface area contributed by atoms with E-state index in [2.05, 4.69) is 15.6 Å². The van der Waals surface area contributed by atoms with Gasteiger partial charge in [-0.15, -0.1) is 0 Å². The minimum atomic E-state index is -0.813. The molecule has 0 bridgehead atoms. The van der Waals surface area contributed by atoms with Crippen molar-refractivity contribution < 1.29 is 14.7 Å². The molecule has 1 aliphatic rings. The van der Waals surface area contributed by atoms with Gasteiger partial charge in [-0.05, 0) is 13.0 Å². The summed E-state index contributed by atoms with van der Waals surface area (Å²) in [7, 11) is 0. The molecule has 0 saturated heterocycles. The van der Waals surface area contributed by atoms with E-state index in [1.807, 2.05) is 19.1 Å². The number of nitrogens with zero attached hydrogens (tertiary/aromatic N) is 1. The van der Waals surface area contributed by atoms with E-state index in [0.717, 1.165) is 0 Å². The monoisotopic (exact) mass is 318 g/mol. The first kappa shape index (κ1) is 16.8. The maximum Gasteiger partial charge on any atom is 0.253 e. The fourth-order valence-electron chi connectivity index (χ4n) is 2.37. The Morgan fingerprint density at radius 1 is 1.39 bits per heavy atom. The van der Waals surface area contributed by atoms with Gasteiger partial charge in [-0.2, -0.15) is 0 Å². The molecule has 7 heteroatoms. The van der Waals surface area contributed by atoms with Crippen molar-refractivity contribution in [3.63, 3.8) is 0 Å². The molecule has 0 saturated carbocycles. The number of aromatic amines is 1. The average molecular weight is 318 g/mol. The smallest absolute Gasteiger partial charge is 0.253 e. The van der Waals surface area contributed by atoms with Gasteiger partial charge in [0.25, 0.3) is 5.91 Å². The fourth-order valence-corrected chi connectivity index (χ4v) is 2.37. The molecule has 1 atom stereocenters. The molecule has 4 N–H and O–H groups in total. The van der Waals surface area contributed by atoms with Gasteiger partial charge in [-0.25, -0.2) is 0 Å². The summed E-state index contributed by atoms with van der Waals surface area (Å²) in [4.78, 5) is 27.9. The van der Waals surface area contributed by atoms with E-state index in [1.54, 1.807) is 23.4 Å². The van der Waals surface area contributed by atoms with Crippen molar-refractivity contribution in [3.8, 4) is 0 Å². The first-order chi connectivity index (χ1) is 11.0. The van der Waals surface area contributed by atoms with Gasteiger partial charge in [0.05, 0.1) is 11.3 Å². The third-order valence-corrected chi connectivity index (χ3v) is 3.52. The Morgan fingerprint density at radius 2 is 2.13 bits per heavy atom. The van der Waals surface area contributed by atoms with E-state index in [0.29, 0.717) is 36.5 Å². The number of nitrogens with one attached hydrogen (secondary N) is 3.